The number of aromatic nitrogens is 3. The van der Waals surface area contributed by atoms with Crippen molar-refractivity contribution >= 4 is 23.1 Å². The first-order chi connectivity index (χ1) is 8.78. The van der Waals surface area contributed by atoms with E-state index in [0.29, 0.717) is 0 Å². The first kappa shape index (κ1) is 13.5. The molecular weight excluding hydrogens is 264 g/mol. The van der Waals surface area contributed by atoms with Gasteiger partial charge in [0, 0.05) is 35.6 Å². The lowest BCUT2D eigenvalue weighted by Crippen LogP contribution is -2.14. The summed E-state index contributed by atoms with van der Waals surface area (Å²) in [6.07, 6.45) is 4.88. The van der Waals surface area contributed by atoms with Gasteiger partial charge in [-0.15, -0.1) is 11.3 Å². The molecule has 0 saturated heterocycles. The second-order valence-electron chi connectivity index (χ2n) is 3.91. The Labute approximate surface area is 115 Å². The summed E-state index contributed by atoms with van der Waals surface area (Å²) < 4.78 is 0.990. The summed E-state index contributed by atoms with van der Waals surface area (Å²) in [5, 5.41) is 6.11. The molecule has 0 fully saturated rings. The van der Waals surface area contributed by atoms with Gasteiger partial charge in [0.1, 0.15) is 0 Å². The lowest BCUT2D eigenvalue weighted by molar-refractivity contribution is 0.669. The van der Waals surface area contributed by atoms with Crippen molar-refractivity contribution in [1.29, 1.82) is 0 Å². The Balaban J connectivity index is 1.91. The maximum atomic E-state index is 4.38. The van der Waals surface area contributed by atoms with Crippen molar-refractivity contribution in [3.63, 3.8) is 0 Å². The van der Waals surface area contributed by atoms with Crippen LogP contribution in [-0.4, -0.2) is 21.5 Å². The molecule has 1 N–H and O–H groups in total. The van der Waals surface area contributed by atoms with E-state index >= 15 is 0 Å². The molecule has 0 aliphatic carbocycles. The highest BCUT2D eigenvalue weighted by Gasteiger charge is 2.04. The van der Waals surface area contributed by atoms with Gasteiger partial charge in [0.2, 0.25) is 0 Å². The van der Waals surface area contributed by atoms with E-state index in [2.05, 4.69) is 27.2 Å². The van der Waals surface area contributed by atoms with E-state index in [1.807, 2.05) is 24.7 Å². The molecule has 2 heterocycles. The highest BCUT2D eigenvalue weighted by molar-refractivity contribution is 8.00. The van der Waals surface area contributed by atoms with Crippen LogP contribution in [0.15, 0.2) is 27.3 Å². The molecule has 0 atom stereocenters. The van der Waals surface area contributed by atoms with Gasteiger partial charge in [-0.25, -0.2) is 15.0 Å². The van der Waals surface area contributed by atoms with Gasteiger partial charge in [0.25, 0.3) is 0 Å². The van der Waals surface area contributed by atoms with Crippen molar-refractivity contribution < 1.29 is 0 Å². The Morgan fingerprint density at radius 1 is 1.33 bits per heavy atom. The second-order valence-corrected chi connectivity index (χ2v) is 5.98. The predicted octanol–water partition coefficient (Wildman–Crippen LogP) is 2.89. The minimum absolute atomic E-state index is 0.753. The molecule has 0 radical (unpaired) electrons. The monoisotopic (exact) mass is 280 g/mol. The minimum atomic E-state index is 0.753. The third-order valence-electron chi connectivity index (χ3n) is 2.21. The Morgan fingerprint density at radius 3 is 2.72 bits per heavy atom. The van der Waals surface area contributed by atoms with Crippen molar-refractivity contribution in [2.75, 3.05) is 6.54 Å². The molecule has 2 rings (SSSR count). The van der Waals surface area contributed by atoms with Gasteiger partial charge >= 0.3 is 0 Å². The highest BCUT2D eigenvalue weighted by atomic mass is 32.2. The molecule has 0 spiro atoms. The lowest BCUT2D eigenvalue weighted by atomic mass is 10.3. The maximum Gasteiger partial charge on any atom is 0.194 e. The molecule has 96 valence electrons. The predicted molar refractivity (Wildman–Crippen MR) is 75.0 cm³/mol. The first-order valence-electron chi connectivity index (χ1n) is 5.89. The molecule has 0 aromatic carbocycles. The smallest absolute Gasteiger partial charge is 0.194 e. The minimum Gasteiger partial charge on any atom is -0.313 e. The van der Waals surface area contributed by atoms with Crippen molar-refractivity contribution in [3.8, 4) is 0 Å². The van der Waals surface area contributed by atoms with Crippen LogP contribution in [-0.2, 0) is 6.54 Å². The number of thiazole rings is 1. The van der Waals surface area contributed by atoms with Gasteiger partial charge in [0.15, 0.2) is 9.50 Å². The second kappa shape index (κ2) is 6.82. The third-order valence-corrected chi connectivity index (χ3v) is 4.16. The van der Waals surface area contributed by atoms with E-state index < -0.39 is 0 Å². The van der Waals surface area contributed by atoms with Crippen LogP contribution in [0.3, 0.4) is 0 Å². The third kappa shape index (κ3) is 4.04. The molecule has 4 nitrogen and oxygen atoms in total. The normalized spacial score (nSPS) is 10.8. The fraction of sp³-hybridized carbons (Fsp3) is 0.417. The molecule has 0 saturated carbocycles. The molecule has 0 aliphatic heterocycles. The summed E-state index contributed by atoms with van der Waals surface area (Å²) in [6, 6.07) is 0. The molecule has 0 unspecified atom stereocenters. The number of aryl methyl sites for hydroxylation is 1. The lowest BCUT2D eigenvalue weighted by Gasteiger charge is -2.02. The average molecular weight is 280 g/mol. The summed E-state index contributed by atoms with van der Waals surface area (Å²) in [4.78, 5) is 13.1. The van der Waals surface area contributed by atoms with Crippen LogP contribution in [0.2, 0.25) is 0 Å². The van der Waals surface area contributed by atoms with Gasteiger partial charge in [-0.2, -0.15) is 0 Å². The number of hydrogen-bond donors (Lipinski definition) is 1. The van der Waals surface area contributed by atoms with Crippen LogP contribution in [0.25, 0.3) is 0 Å². The summed E-state index contributed by atoms with van der Waals surface area (Å²) in [7, 11) is 0. The SMILES string of the molecule is CCCNCc1cnc(Sc2nc(C)cs2)nc1. The molecule has 6 heteroatoms. The van der Waals surface area contributed by atoms with E-state index in [0.717, 1.165) is 40.3 Å². The van der Waals surface area contributed by atoms with Gasteiger partial charge in [0.05, 0.1) is 0 Å². The summed E-state index contributed by atoms with van der Waals surface area (Å²) >= 11 is 3.14. The Hall–Kier alpha value is -0.980. The van der Waals surface area contributed by atoms with Crippen molar-refractivity contribution in [1.82, 2.24) is 20.3 Å². The zero-order valence-corrected chi connectivity index (χ0v) is 12.1. The van der Waals surface area contributed by atoms with Crippen molar-refractivity contribution in [2.24, 2.45) is 0 Å². The molecule has 0 amide bonds. The molecule has 0 aliphatic rings. The van der Waals surface area contributed by atoms with Crippen LogP contribution in [0, 0.1) is 6.92 Å². The van der Waals surface area contributed by atoms with Gasteiger partial charge in [-0.05, 0) is 31.7 Å². The first-order valence-corrected chi connectivity index (χ1v) is 7.59. The standard InChI is InChI=1S/C12H16N4S2/c1-3-4-13-5-10-6-14-11(15-7-10)18-12-16-9(2)8-17-12/h6-8,13H,3-5H2,1-2H3. The van der Waals surface area contributed by atoms with Crippen LogP contribution in [0.1, 0.15) is 24.6 Å². The van der Waals surface area contributed by atoms with Crippen molar-refractivity contribution in [3.05, 3.63) is 29.0 Å². The molecule has 18 heavy (non-hydrogen) atoms. The number of hydrogen-bond acceptors (Lipinski definition) is 6. The number of rotatable bonds is 6. The van der Waals surface area contributed by atoms with E-state index in [1.165, 1.54) is 11.8 Å². The van der Waals surface area contributed by atoms with Crippen molar-refractivity contribution in [2.45, 2.75) is 36.3 Å². The van der Waals surface area contributed by atoms with E-state index in [9.17, 15) is 0 Å². The highest BCUT2D eigenvalue weighted by Crippen LogP contribution is 2.27. The number of nitrogens with zero attached hydrogens (tertiary/aromatic N) is 3. The molecule has 2 aromatic rings. The van der Waals surface area contributed by atoms with E-state index in [-0.39, 0.29) is 0 Å². The van der Waals surface area contributed by atoms with E-state index in [1.54, 1.807) is 11.3 Å². The summed E-state index contributed by atoms with van der Waals surface area (Å²) in [5.74, 6) is 0. The van der Waals surface area contributed by atoms with Gasteiger partial charge in [-0.3, -0.25) is 0 Å². The summed E-state index contributed by atoms with van der Waals surface area (Å²) in [5.41, 5.74) is 2.16. The molecular formula is C12H16N4S2. The largest absolute Gasteiger partial charge is 0.313 e. The molecule has 2 aromatic heterocycles. The summed E-state index contributed by atoms with van der Waals surface area (Å²) in [6.45, 7) is 5.99. The van der Waals surface area contributed by atoms with Crippen LogP contribution < -0.4 is 5.32 Å². The zero-order chi connectivity index (χ0) is 12.8. The topological polar surface area (TPSA) is 50.7 Å². The Kier molecular flexibility index (Phi) is 5.10. The maximum absolute atomic E-state index is 4.38. The van der Waals surface area contributed by atoms with Crippen LogP contribution >= 0.6 is 23.1 Å². The molecule has 0 bridgehead atoms. The van der Waals surface area contributed by atoms with Crippen LogP contribution in [0.4, 0.5) is 0 Å². The zero-order valence-electron chi connectivity index (χ0n) is 10.5. The number of nitrogens with one attached hydrogen (secondary N) is 1. The average Bonchev–Trinajstić information content (AvgIpc) is 2.77. The van der Waals surface area contributed by atoms with Gasteiger partial charge in [-0.1, -0.05) is 6.92 Å². The fourth-order valence-corrected chi connectivity index (χ4v) is 2.99. The van der Waals surface area contributed by atoms with Crippen LogP contribution in [0.5, 0.6) is 0 Å². The quantitative estimate of drug-likeness (QED) is 0.651. The van der Waals surface area contributed by atoms with E-state index in [4.69, 9.17) is 0 Å². The fourth-order valence-electron chi connectivity index (χ4n) is 1.35. The van der Waals surface area contributed by atoms with Gasteiger partial charge < -0.3 is 5.32 Å². The Morgan fingerprint density at radius 2 is 2.11 bits per heavy atom. The Bertz CT molecular complexity index is 481.